The van der Waals surface area contributed by atoms with Gasteiger partial charge in [-0.05, 0) is 13.0 Å². The molecule has 1 fully saturated rings. The van der Waals surface area contributed by atoms with Gasteiger partial charge in [-0.3, -0.25) is 0 Å². The van der Waals surface area contributed by atoms with Gasteiger partial charge in [-0.2, -0.15) is 0 Å². The minimum atomic E-state index is -1.78. The third-order valence-corrected chi connectivity index (χ3v) is 6.96. The van der Waals surface area contributed by atoms with Gasteiger partial charge in [0, 0.05) is 5.04 Å². The second-order valence-electron chi connectivity index (χ2n) is 4.16. The molecule has 0 aromatic rings. The Hall–Kier alpha value is 0.137. The van der Waals surface area contributed by atoms with Gasteiger partial charge in [0.15, 0.2) is 0 Å². The van der Waals surface area contributed by atoms with E-state index in [0.29, 0.717) is 0 Å². The molecular weight excluding hydrogens is 156 g/mol. The summed E-state index contributed by atoms with van der Waals surface area (Å²) in [5.41, 5.74) is 0. The molecule has 0 N–H and O–H groups in total. The van der Waals surface area contributed by atoms with Crippen LogP contribution in [-0.2, 0) is 8.85 Å². The molecule has 1 saturated heterocycles. The normalized spacial score (nSPS) is 38.5. The lowest BCUT2D eigenvalue weighted by Crippen LogP contribution is -2.62. The van der Waals surface area contributed by atoms with Gasteiger partial charge < -0.3 is 8.85 Å². The highest BCUT2D eigenvalue weighted by Gasteiger charge is 2.56. The summed E-state index contributed by atoms with van der Waals surface area (Å²) >= 11 is 0. The van der Waals surface area contributed by atoms with Gasteiger partial charge in [-0.15, -0.1) is 0 Å². The lowest BCUT2D eigenvalue weighted by atomic mass is 10.2. The van der Waals surface area contributed by atoms with E-state index >= 15 is 0 Å². The van der Waals surface area contributed by atoms with Crippen molar-refractivity contribution in [3.8, 4) is 0 Å². The molecular formula is C8H18O2Si. The Morgan fingerprint density at radius 2 is 1.73 bits per heavy atom. The van der Waals surface area contributed by atoms with E-state index in [0.717, 1.165) is 6.04 Å². The summed E-state index contributed by atoms with van der Waals surface area (Å²) in [6.45, 7) is 10.7. The van der Waals surface area contributed by atoms with Crippen molar-refractivity contribution in [2.24, 2.45) is 0 Å². The van der Waals surface area contributed by atoms with Crippen LogP contribution in [0.5, 0.6) is 0 Å². The highest BCUT2D eigenvalue weighted by Crippen LogP contribution is 2.46. The molecule has 0 aliphatic carbocycles. The fourth-order valence-corrected chi connectivity index (χ4v) is 4.79. The maximum absolute atomic E-state index is 5.76. The first-order valence-corrected chi connectivity index (χ1v) is 6.29. The molecule has 0 radical (unpaired) electrons. The van der Waals surface area contributed by atoms with E-state index < -0.39 is 8.56 Å². The fraction of sp³-hybridized carbons (Fsp3) is 1.00. The molecule has 0 aromatic carbocycles. The molecule has 66 valence electrons. The molecule has 11 heavy (non-hydrogen) atoms. The summed E-state index contributed by atoms with van der Waals surface area (Å²) in [4.78, 5) is 0. The van der Waals surface area contributed by atoms with Crippen molar-refractivity contribution >= 4 is 8.56 Å². The molecule has 0 unspecified atom stereocenters. The monoisotopic (exact) mass is 174 g/mol. The van der Waals surface area contributed by atoms with E-state index in [1.54, 1.807) is 0 Å². The van der Waals surface area contributed by atoms with E-state index in [2.05, 4.69) is 27.7 Å². The van der Waals surface area contributed by atoms with Crippen molar-refractivity contribution in [3.05, 3.63) is 0 Å². The molecule has 3 heteroatoms. The predicted molar refractivity (Wildman–Crippen MR) is 47.6 cm³/mol. The van der Waals surface area contributed by atoms with Crippen LogP contribution in [0.1, 0.15) is 34.6 Å². The summed E-state index contributed by atoms with van der Waals surface area (Å²) < 4.78 is 11.5. The second-order valence-corrected chi connectivity index (χ2v) is 8.34. The maximum Gasteiger partial charge on any atom is 0.347 e. The molecule has 1 heterocycles. The summed E-state index contributed by atoms with van der Waals surface area (Å²) in [5.74, 6) is 0. The molecule has 0 atom stereocenters. The molecule has 1 aliphatic rings. The van der Waals surface area contributed by atoms with Crippen molar-refractivity contribution in [1.82, 2.24) is 0 Å². The zero-order valence-electron chi connectivity index (χ0n) is 8.10. The average molecular weight is 174 g/mol. The Balaban J connectivity index is 2.65. The van der Waals surface area contributed by atoms with Crippen molar-refractivity contribution in [3.63, 3.8) is 0 Å². The number of rotatable bonds is 1. The van der Waals surface area contributed by atoms with Crippen LogP contribution in [0.4, 0.5) is 0 Å². The lowest BCUT2D eigenvalue weighted by molar-refractivity contribution is -0.129. The Bertz CT molecular complexity index is 145. The first-order chi connectivity index (χ1) is 4.91. The third kappa shape index (κ3) is 1.37. The Labute approximate surface area is 70.1 Å². The van der Waals surface area contributed by atoms with Gasteiger partial charge in [0.25, 0.3) is 0 Å². The molecule has 0 aromatic heterocycles. The van der Waals surface area contributed by atoms with Crippen LogP contribution >= 0.6 is 0 Å². The number of hydrogen-bond acceptors (Lipinski definition) is 2. The first-order valence-electron chi connectivity index (χ1n) is 4.27. The lowest BCUT2D eigenvalue weighted by Gasteiger charge is -2.51. The van der Waals surface area contributed by atoms with Crippen molar-refractivity contribution < 1.29 is 8.85 Å². The van der Waals surface area contributed by atoms with Crippen molar-refractivity contribution in [2.75, 3.05) is 0 Å². The van der Waals surface area contributed by atoms with Crippen LogP contribution in [-0.4, -0.2) is 14.9 Å². The Kier molecular flexibility index (Phi) is 2.16. The fourth-order valence-electron chi connectivity index (χ4n) is 1.60. The van der Waals surface area contributed by atoms with Crippen LogP contribution in [0.3, 0.4) is 0 Å². The molecule has 1 aliphatic heterocycles. The van der Waals surface area contributed by atoms with E-state index in [1.165, 1.54) is 0 Å². The van der Waals surface area contributed by atoms with E-state index in [-0.39, 0.29) is 11.3 Å². The second kappa shape index (κ2) is 2.57. The highest BCUT2D eigenvalue weighted by atomic mass is 28.4. The SMILES string of the molecule is CC[Si]1(C(C)(C)C)OC(C)O1. The van der Waals surface area contributed by atoms with Gasteiger partial charge in [0.05, 0.1) is 0 Å². The van der Waals surface area contributed by atoms with Gasteiger partial charge in [-0.25, -0.2) is 0 Å². The average Bonchev–Trinajstić information content (AvgIpc) is 1.77. The maximum atomic E-state index is 5.76. The van der Waals surface area contributed by atoms with Gasteiger partial charge in [-0.1, -0.05) is 27.7 Å². The summed E-state index contributed by atoms with van der Waals surface area (Å²) in [6.07, 6.45) is 0.0424. The Morgan fingerprint density at radius 1 is 1.27 bits per heavy atom. The van der Waals surface area contributed by atoms with Crippen LogP contribution < -0.4 is 0 Å². The van der Waals surface area contributed by atoms with Gasteiger partial charge in [0.1, 0.15) is 6.29 Å². The molecule has 0 amide bonds. The largest absolute Gasteiger partial charge is 0.368 e. The molecule has 1 rings (SSSR count). The zero-order chi connectivity index (χ0) is 8.70. The molecule has 2 nitrogen and oxygen atoms in total. The van der Waals surface area contributed by atoms with Crippen LogP contribution in [0, 0.1) is 0 Å². The zero-order valence-corrected chi connectivity index (χ0v) is 9.10. The molecule has 0 saturated carbocycles. The number of hydrogen-bond donors (Lipinski definition) is 0. The van der Waals surface area contributed by atoms with Gasteiger partial charge >= 0.3 is 8.56 Å². The third-order valence-electron chi connectivity index (χ3n) is 2.32. The first kappa shape index (κ1) is 9.23. The van der Waals surface area contributed by atoms with E-state index in [1.807, 2.05) is 6.92 Å². The smallest absolute Gasteiger partial charge is 0.347 e. The van der Waals surface area contributed by atoms with Crippen LogP contribution in [0.25, 0.3) is 0 Å². The minimum absolute atomic E-state index is 0.0424. The standard InChI is InChI=1S/C8H18O2Si/c1-6-11(8(3,4)5)9-7(2)10-11/h7H,6H2,1-5H3. The Morgan fingerprint density at radius 3 is 1.82 bits per heavy atom. The van der Waals surface area contributed by atoms with Crippen molar-refractivity contribution in [1.29, 1.82) is 0 Å². The van der Waals surface area contributed by atoms with Crippen LogP contribution in [0.15, 0.2) is 0 Å². The highest BCUT2D eigenvalue weighted by molar-refractivity contribution is 6.71. The summed E-state index contributed by atoms with van der Waals surface area (Å²) in [5, 5.41) is 0.217. The van der Waals surface area contributed by atoms with E-state index in [4.69, 9.17) is 8.85 Å². The minimum Gasteiger partial charge on any atom is -0.368 e. The predicted octanol–water partition coefficient (Wildman–Crippen LogP) is 2.64. The molecule has 0 bridgehead atoms. The van der Waals surface area contributed by atoms with Crippen molar-refractivity contribution in [2.45, 2.75) is 52.0 Å². The summed E-state index contributed by atoms with van der Waals surface area (Å²) in [7, 11) is -1.78. The van der Waals surface area contributed by atoms with Gasteiger partial charge in [0.2, 0.25) is 0 Å². The van der Waals surface area contributed by atoms with Crippen LogP contribution in [0.2, 0.25) is 11.1 Å². The topological polar surface area (TPSA) is 18.5 Å². The quantitative estimate of drug-likeness (QED) is 0.569. The molecule has 0 spiro atoms. The van der Waals surface area contributed by atoms with E-state index in [9.17, 15) is 0 Å². The summed E-state index contributed by atoms with van der Waals surface area (Å²) in [6, 6.07) is 1.06.